The van der Waals surface area contributed by atoms with Gasteiger partial charge in [0.25, 0.3) is 10.0 Å². The van der Waals surface area contributed by atoms with E-state index in [0.29, 0.717) is 30.8 Å². The van der Waals surface area contributed by atoms with Gasteiger partial charge in [-0.05, 0) is 25.0 Å². The summed E-state index contributed by atoms with van der Waals surface area (Å²) < 4.78 is 26.1. The van der Waals surface area contributed by atoms with Gasteiger partial charge >= 0.3 is 5.97 Å². The maximum Gasteiger partial charge on any atom is 0.306 e. The average Bonchev–Trinajstić information content (AvgIpc) is 2.66. The van der Waals surface area contributed by atoms with Gasteiger partial charge in [0.1, 0.15) is 5.84 Å². The SMILES string of the molecule is CC(CCCN=C1NS(=O)(=O)c2ccccc21)C(=O)O. The maximum absolute atomic E-state index is 11.8. The second-order valence-corrected chi connectivity index (χ2v) is 6.36. The highest BCUT2D eigenvalue weighted by atomic mass is 32.2. The highest BCUT2D eigenvalue weighted by molar-refractivity contribution is 7.90. The van der Waals surface area contributed by atoms with Crippen LogP contribution >= 0.6 is 0 Å². The summed E-state index contributed by atoms with van der Waals surface area (Å²) in [6, 6.07) is 6.65. The van der Waals surface area contributed by atoms with E-state index in [-0.39, 0.29) is 4.90 Å². The lowest BCUT2D eigenvalue weighted by atomic mass is 10.1. The van der Waals surface area contributed by atoms with Crippen molar-refractivity contribution in [1.82, 2.24) is 4.72 Å². The molecule has 1 unspecified atom stereocenters. The monoisotopic (exact) mass is 296 g/mol. The number of nitrogens with one attached hydrogen (secondary N) is 1. The van der Waals surface area contributed by atoms with Gasteiger partial charge in [0, 0.05) is 12.1 Å². The number of carboxylic acid groups (broad SMARTS) is 1. The number of rotatable bonds is 5. The Morgan fingerprint density at radius 1 is 1.40 bits per heavy atom. The van der Waals surface area contributed by atoms with Crippen LogP contribution in [-0.2, 0) is 14.8 Å². The van der Waals surface area contributed by atoms with Gasteiger partial charge in [0.15, 0.2) is 0 Å². The quantitative estimate of drug-likeness (QED) is 0.799. The molecule has 0 amide bonds. The number of sulfonamides is 1. The van der Waals surface area contributed by atoms with Gasteiger partial charge in [0.2, 0.25) is 0 Å². The molecule has 0 aromatic heterocycles. The topological polar surface area (TPSA) is 95.8 Å². The molecule has 1 aliphatic rings. The Morgan fingerprint density at radius 3 is 2.80 bits per heavy atom. The van der Waals surface area contributed by atoms with E-state index < -0.39 is 21.9 Å². The molecule has 2 rings (SSSR count). The summed E-state index contributed by atoms with van der Waals surface area (Å²) >= 11 is 0. The minimum Gasteiger partial charge on any atom is -0.481 e. The zero-order chi connectivity index (χ0) is 14.8. The molecule has 1 aromatic rings. The predicted molar refractivity (Wildman–Crippen MR) is 74.2 cm³/mol. The molecule has 108 valence electrons. The Bertz CT molecular complexity index is 652. The zero-order valence-corrected chi connectivity index (χ0v) is 11.9. The molecule has 1 aliphatic heterocycles. The largest absolute Gasteiger partial charge is 0.481 e. The normalized spacial score (nSPS) is 19.4. The number of nitrogens with zero attached hydrogens (tertiary/aromatic N) is 1. The predicted octanol–water partition coefficient (Wildman–Crippen LogP) is 1.23. The highest BCUT2D eigenvalue weighted by Crippen LogP contribution is 2.22. The van der Waals surface area contributed by atoms with Gasteiger partial charge in [0.05, 0.1) is 10.8 Å². The number of hydrogen-bond donors (Lipinski definition) is 2. The molecule has 2 N–H and O–H groups in total. The number of aliphatic carboxylic acids is 1. The van der Waals surface area contributed by atoms with Crippen LogP contribution in [0.4, 0.5) is 0 Å². The Hall–Kier alpha value is -1.89. The molecule has 7 heteroatoms. The Morgan fingerprint density at radius 2 is 2.10 bits per heavy atom. The number of carboxylic acids is 1. The zero-order valence-electron chi connectivity index (χ0n) is 11.0. The van der Waals surface area contributed by atoms with Crippen molar-refractivity contribution in [2.75, 3.05) is 6.54 Å². The molecule has 0 spiro atoms. The van der Waals surface area contributed by atoms with Crippen molar-refractivity contribution in [1.29, 1.82) is 0 Å². The first kappa shape index (κ1) is 14.5. The molecule has 6 nitrogen and oxygen atoms in total. The van der Waals surface area contributed by atoms with Crippen LogP contribution in [0.5, 0.6) is 0 Å². The van der Waals surface area contributed by atoms with Crippen LogP contribution in [0.1, 0.15) is 25.3 Å². The number of amidine groups is 1. The number of aliphatic imine (C=N–C) groups is 1. The van der Waals surface area contributed by atoms with Crippen LogP contribution in [0.3, 0.4) is 0 Å². The van der Waals surface area contributed by atoms with Crippen LogP contribution < -0.4 is 4.72 Å². The van der Waals surface area contributed by atoms with Crippen molar-refractivity contribution in [2.45, 2.75) is 24.7 Å². The first-order chi connectivity index (χ1) is 9.42. The van der Waals surface area contributed by atoms with Gasteiger partial charge in [-0.2, -0.15) is 0 Å². The van der Waals surface area contributed by atoms with E-state index >= 15 is 0 Å². The lowest BCUT2D eigenvalue weighted by molar-refractivity contribution is -0.141. The summed E-state index contributed by atoms with van der Waals surface area (Å²) in [6.45, 7) is 2.03. The lowest BCUT2D eigenvalue weighted by Crippen LogP contribution is -2.22. The summed E-state index contributed by atoms with van der Waals surface area (Å²) in [7, 11) is -3.50. The fourth-order valence-corrected chi connectivity index (χ4v) is 3.21. The van der Waals surface area contributed by atoms with Crippen LogP contribution in [-0.4, -0.2) is 31.9 Å². The Balaban J connectivity index is 2.05. The standard InChI is InChI=1S/C13H16N2O4S/c1-9(13(16)17)5-4-8-14-12-10-6-2-3-7-11(10)20(18,19)15-12/h2-3,6-7,9H,4-5,8H2,1H3,(H,14,15)(H,16,17). The molecule has 0 saturated carbocycles. The fraction of sp³-hybridized carbons (Fsp3) is 0.385. The first-order valence-electron chi connectivity index (χ1n) is 6.31. The Labute approximate surface area is 117 Å². The summed E-state index contributed by atoms with van der Waals surface area (Å²) in [6.07, 6.45) is 1.11. The van der Waals surface area contributed by atoms with Gasteiger partial charge in [-0.15, -0.1) is 0 Å². The third kappa shape index (κ3) is 2.98. The molecule has 0 bridgehead atoms. The highest BCUT2D eigenvalue weighted by Gasteiger charge is 2.29. The van der Waals surface area contributed by atoms with E-state index in [1.807, 2.05) is 0 Å². The third-order valence-electron chi connectivity index (χ3n) is 3.15. The van der Waals surface area contributed by atoms with Gasteiger partial charge in [-0.1, -0.05) is 19.1 Å². The van der Waals surface area contributed by atoms with Crippen molar-refractivity contribution in [2.24, 2.45) is 10.9 Å². The average molecular weight is 296 g/mol. The molecule has 0 fully saturated rings. The second-order valence-electron chi connectivity index (χ2n) is 4.71. The molecule has 1 heterocycles. The summed E-state index contributed by atoms with van der Waals surface area (Å²) in [5, 5.41) is 8.76. The number of fused-ring (bicyclic) bond motifs is 1. The summed E-state index contributed by atoms with van der Waals surface area (Å²) in [5.74, 6) is -0.907. The second kappa shape index (κ2) is 5.62. The fourth-order valence-electron chi connectivity index (χ4n) is 1.96. The van der Waals surface area contributed by atoms with Crippen molar-refractivity contribution >= 4 is 21.8 Å². The molecule has 0 saturated heterocycles. The van der Waals surface area contributed by atoms with Crippen LogP contribution in [0.2, 0.25) is 0 Å². The van der Waals surface area contributed by atoms with Gasteiger partial charge in [-0.25, -0.2) is 8.42 Å². The van der Waals surface area contributed by atoms with E-state index in [2.05, 4.69) is 9.71 Å². The Kier molecular flexibility index (Phi) is 4.08. The van der Waals surface area contributed by atoms with Crippen LogP contribution in [0.25, 0.3) is 0 Å². The first-order valence-corrected chi connectivity index (χ1v) is 7.79. The minimum atomic E-state index is -3.50. The number of benzene rings is 1. The molecule has 0 radical (unpaired) electrons. The lowest BCUT2D eigenvalue weighted by Gasteiger charge is -2.04. The summed E-state index contributed by atoms with van der Waals surface area (Å²) in [5.41, 5.74) is 0.568. The molecule has 1 aromatic carbocycles. The third-order valence-corrected chi connectivity index (χ3v) is 4.55. The number of hydrogen-bond acceptors (Lipinski definition) is 4. The van der Waals surface area contributed by atoms with Crippen molar-refractivity contribution in [3.8, 4) is 0 Å². The molecular weight excluding hydrogens is 280 g/mol. The van der Waals surface area contributed by atoms with Gasteiger partial charge < -0.3 is 5.11 Å². The van der Waals surface area contributed by atoms with Crippen molar-refractivity contribution in [3.63, 3.8) is 0 Å². The smallest absolute Gasteiger partial charge is 0.306 e. The molecular formula is C13H16N2O4S. The molecule has 1 atom stereocenters. The van der Waals surface area contributed by atoms with Crippen molar-refractivity contribution < 1.29 is 18.3 Å². The van der Waals surface area contributed by atoms with E-state index in [9.17, 15) is 13.2 Å². The maximum atomic E-state index is 11.8. The molecule has 20 heavy (non-hydrogen) atoms. The van der Waals surface area contributed by atoms with Crippen LogP contribution in [0.15, 0.2) is 34.2 Å². The van der Waals surface area contributed by atoms with Crippen molar-refractivity contribution in [3.05, 3.63) is 29.8 Å². The number of carbonyl (C=O) groups is 1. The van der Waals surface area contributed by atoms with E-state index in [4.69, 9.17) is 5.11 Å². The van der Waals surface area contributed by atoms with E-state index in [1.54, 1.807) is 25.1 Å². The van der Waals surface area contributed by atoms with Gasteiger partial charge in [-0.3, -0.25) is 14.5 Å². The van der Waals surface area contributed by atoms with E-state index in [0.717, 1.165) is 0 Å². The van der Waals surface area contributed by atoms with Crippen LogP contribution in [0, 0.1) is 5.92 Å². The minimum absolute atomic E-state index is 0.234. The summed E-state index contributed by atoms with van der Waals surface area (Å²) in [4.78, 5) is 15.1. The van der Waals surface area contributed by atoms with E-state index in [1.165, 1.54) is 6.07 Å². The molecule has 0 aliphatic carbocycles.